The van der Waals surface area contributed by atoms with Crippen molar-refractivity contribution < 1.29 is 13.2 Å². The highest BCUT2D eigenvalue weighted by atomic mass is 35.5. The van der Waals surface area contributed by atoms with E-state index in [4.69, 9.17) is 16.7 Å². The molecule has 0 spiro atoms. The first-order chi connectivity index (χ1) is 8.43. The summed E-state index contributed by atoms with van der Waals surface area (Å²) in [6, 6.07) is 6.15. The van der Waals surface area contributed by atoms with Gasteiger partial charge in [0.25, 0.3) is 0 Å². The number of halogens is 1. The second kappa shape index (κ2) is 6.72. The number of alkyl halides is 1. The van der Waals surface area contributed by atoms with Gasteiger partial charge in [0.1, 0.15) is 0 Å². The number of rotatable bonds is 6. The van der Waals surface area contributed by atoms with Crippen molar-refractivity contribution in [3.63, 3.8) is 0 Å². The summed E-state index contributed by atoms with van der Waals surface area (Å²) < 4.78 is 22.3. The zero-order chi connectivity index (χ0) is 13.6. The molecule has 100 valence electrons. The summed E-state index contributed by atoms with van der Waals surface area (Å²) in [5.41, 5.74) is 0.681. The zero-order valence-electron chi connectivity index (χ0n) is 9.73. The molecule has 3 N–H and O–H groups in total. The van der Waals surface area contributed by atoms with Crippen molar-refractivity contribution in [1.82, 2.24) is 5.32 Å². The van der Waals surface area contributed by atoms with Gasteiger partial charge in [0.15, 0.2) is 0 Å². The molecule has 0 radical (unpaired) electrons. The number of hydrogen-bond donors (Lipinski definition) is 2. The van der Waals surface area contributed by atoms with Crippen LogP contribution in [0.4, 0.5) is 0 Å². The Kier molecular flexibility index (Phi) is 5.58. The van der Waals surface area contributed by atoms with Crippen molar-refractivity contribution in [3.05, 3.63) is 29.8 Å². The van der Waals surface area contributed by atoms with Crippen LogP contribution >= 0.6 is 11.6 Å². The number of amides is 1. The van der Waals surface area contributed by atoms with E-state index in [9.17, 15) is 13.2 Å². The molecule has 18 heavy (non-hydrogen) atoms. The molecule has 0 heterocycles. The molecule has 0 saturated heterocycles. The molecule has 0 unspecified atom stereocenters. The average molecular weight is 291 g/mol. The van der Waals surface area contributed by atoms with Crippen LogP contribution in [0.5, 0.6) is 0 Å². The minimum Gasteiger partial charge on any atom is -0.352 e. The van der Waals surface area contributed by atoms with Gasteiger partial charge >= 0.3 is 0 Å². The molecule has 1 aromatic rings. The Hall–Kier alpha value is -1.11. The van der Waals surface area contributed by atoms with Gasteiger partial charge in [0.2, 0.25) is 15.9 Å². The highest BCUT2D eigenvalue weighted by Crippen LogP contribution is 2.09. The molecule has 0 aliphatic rings. The lowest BCUT2D eigenvalue weighted by Crippen LogP contribution is -2.22. The largest absolute Gasteiger partial charge is 0.352 e. The molecule has 0 aliphatic heterocycles. The average Bonchev–Trinajstić information content (AvgIpc) is 2.33. The molecule has 1 amide bonds. The van der Waals surface area contributed by atoms with Gasteiger partial charge in [-0.05, 0) is 24.1 Å². The van der Waals surface area contributed by atoms with Crippen molar-refractivity contribution in [3.8, 4) is 0 Å². The zero-order valence-corrected chi connectivity index (χ0v) is 11.3. The van der Waals surface area contributed by atoms with E-state index >= 15 is 0 Å². The summed E-state index contributed by atoms with van der Waals surface area (Å²) in [5.74, 6) is 0.325. The molecule has 5 nitrogen and oxygen atoms in total. The second-order valence-electron chi connectivity index (χ2n) is 3.76. The van der Waals surface area contributed by atoms with Crippen LogP contribution in [0.3, 0.4) is 0 Å². The predicted molar refractivity (Wildman–Crippen MR) is 69.6 cm³/mol. The van der Waals surface area contributed by atoms with Crippen molar-refractivity contribution in [2.24, 2.45) is 5.14 Å². The fraction of sp³-hybridized carbons (Fsp3) is 0.364. The molecule has 0 fully saturated rings. The Balaban J connectivity index is 2.61. The minimum absolute atomic E-state index is 0.0370. The number of benzene rings is 1. The topological polar surface area (TPSA) is 89.3 Å². The van der Waals surface area contributed by atoms with Crippen molar-refractivity contribution in [1.29, 1.82) is 0 Å². The van der Waals surface area contributed by atoms with Gasteiger partial charge in [-0.25, -0.2) is 13.6 Å². The molecule has 7 heteroatoms. The lowest BCUT2D eigenvalue weighted by atomic mass is 10.2. The molecule has 1 aromatic carbocycles. The quantitative estimate of drug-likeness (QED) is 0.765. The highest BCUT2D eigenvalue weighted by molar-refractivity contribution is 7.89. The third-order valence-corrected chi connectivity index (χ3v) is 3.43. The van der Waals surface area contributed by atoms with Gasteiger partial charge in [-0.1, -0.05) is 12.1 Å². The maximum absolute atomic E-state index is 11.3. The van der Waals surface area contributed by atoms with E-state index in [0.717, 1.165) is 0 Å². The van der Waals surface area contributed by atoms with E-state index in [-0.39, 0.29) is 17.3 Å². The van der Waals surface area contributed by atoms with Gasteiger partial charge in [0, 0.05) is 18.8 Å². The molecular formula is C11H15ClN2O3S. The summed E-state index contributed by atoms with van der Waals surface area (Å²) in [4.78, 5) is 11.4. The Morgan fingerprint density at radius 1 is 1.39 bits per heavy atom. The maximum atomic E-state index is 11.3. The van der Waals surface area contributed by atoms with Crippen LogP contribution in [0.2, 0.25) is 0 Å². The molecule has 0 atom stereocenters. The summed E-state index contributed by atoms with van der Waals surface area (Å²) in [5, 5.41) is 7.70. The number of primary sulfonamides is 1. The molecule has 1 rings (SSSR count). The van der Waals surface area contributed by atoms with E-state index in [1.54, 1.807) is 12.1 Å². The third kappa shape index (κ3) is 5.03. The molecule has 0 aromatic heterocycles. The van der Waals surface area contributed by atoms with Crippen LogP contribution in [0.25, 0.3) is 0 Å². The maximum Gasteiger partial charge on any atom is 0.238 e. The second-order valence-corrected chi connectivity index (χ2v) is 5.70. The van der Waals surface area contributed by atoms with Crippen LogP contribution in [0, 0.1) is 0 Å². The van der Waals surface area contributed by atoms with Crippen molar-refractivity contribution in [2.45, 2.75) is 24.3 Å². The molecule has 0 bridgehead atoms. The van der Waals surface area contributed by atoms with E-state index in [2.05, 4.69) is 5.32 Å². The minimum atomic E-state index is -3.71. The van der Waals surface area contributed by atoms with Gasteiger partial charge in [0.05, 0.1) is 4.90 Å². The Labute approximate surface area is 111 Å². The molecule has 0 aliphatic carbocycles. The number of sulfonamides is 1. The van der Waals surface area contributed by atoms with Crippen molar-refractivity contribution >= 4 is 27.5 Å². The number of nitrogens with two attached hydrogens (primary N) is 1. The summed E-state index contributed by atoms with van der Waals surface area (Å²) in [7, 11) is -3.71. The fourth-order valence-corrected chi connectivity index (χ4v) is 2.07. The number of carbonyl (C=O) groups excluding carboxylic acids is 1. The summed E-state index contributed by atoms with van der Waals surface area (Å²) in [6.45, 7) is 0.268. The smallest absolute Gasteiger partial charge is 0.238 e. The SMILES string of the molecule is NS(=O)(=O)c1cccc(CNC(=O)CCCCl)c1. The number of hydrogen-bond acceptors (Lipinski definition) is 3. The van der Waals surface area contributed by atoms with Crippen LogP contribution in [0.1, 0.15) is 18.4 Å². The van der Waals surface area contributed by atoms with E-state index in [0.29, 0.717) is 24.3 Å². The highest BCUT2D eigenvalue weighted by Gasteiger charge is 2.08. The van der Waals surface area contributed by atoms with Gasteiger partial charge in [-0.15, -0.1) is 11.6 Å². The first-order valence-electron chi connectivity index (χ1n) is 5.38. The lowest BCUT2D eigenvalue weighted by Gasteiger charge is -2.06. The first kappa shape index (κ1) is 14.9. The summed E-state index contributed by atoms with van der Waals surface area (Å²) >= 11 is 5.47. The number of nitrogens with one attached hydrogen (secondary N) is 1. The van der Waals surface area contributed by atoms with Gasteiger partial charge in [-0.2, -0.15) is 0 Å². The first-order valence-corrected chi connectivity index (χ1v) is 7.46. The fourth-order valence-electron chi connectivity index (χ4n) is 1.35. The normalized spacial score (nSPS) is 11.2. The van der Waals surface area contributed by atoms with Crippen LogP contribution < -0.4 is 10.5 Å². The van der Waals surface area contributed by atoms with Gasteiger partial charge in [-0.3, -0.25) is 4.79 Å². The lowest BCUT2D eigenvalue weighted by molar-refractivity contribution is -0.121. The Morgan fingerprint density at radius 2 is 2.11 bits per heavy atom. The van der Waals surface area contributed by atoms with Crippen LogP contribution in [-0.2, 0) is 21.4 Å². The van der Waals surface area contributed by atoms with E-state index in [1.807, 2.05) is 0 Å². The standard InChI is InChI=1S/C11H15ClN2O3S/c12-6-2-5-11(15)14-8-9-3-1-4-10(7-9)18(13,16)17/h1,3-4,7H,2,5-6,8H2,(H,14,15)(H2,13,16,17). The Bertz CT molecular complexity index is 517. The van der Waals surface area contributed by atoms with Crippen LogP contribution in [-0.4, -0.2) is 20.2 Å². The number of carbonyl (C=O) groups is 1. The van der Waals surface area contributed by atoms with Crippen LogP contribution in [0.15, 0.2) is 29.2 Å². The molecule has 0 saturated carbocycles. The predicted octanol–water partition coefficient (Wildman–Crippen LogP) is 0.969. The van der Waals surface area contributed by atoms with Crippen molar-refractivity contribution in [2.75, 3.05) is 5.88 Å². The monoisotopic (exact) mass is 290 g/mol. The van der Waals surface area contributed by atoms with E-state index in [1.165, 1.54) is 12.1 Å². The third-order valence-electron chi connectivity index (χ3n) is 2.25. The Morgan fingerprint density at radius 3 is 2.72 bits per heavy atom. The summed E-state index contributed by atoms with van der Waals surface area (Å²) in [6.07, 6.45) is 0.975. The van der Waals surface area contributed by atoms with E-state index < -0.39 is 10.0 Å². The molecular weight excluding hydrogens is 276 g/mol. The van der Waals surface area contributed by atoms with Gasteiger partial charge < -0.3 is 5.32 Å².